The van der Waals surface area contributed by atoms with Gasteiger partial charge in [0, 0.05) is 17.0 Å². The molecule has 5 heteroatoms. The molecule has 0 bridgehead atoms. The van der Waals surface area contributed by atoms with Crippen LogP contribution >= 0.6 is 11.3 Å². The predicted octanol–water partition coefficient (Wildman–Crippen LogP) is 4.44. The van der Waals surface area contributed by atoms with Crippen molar-refractivity contribution in [3.63, 3.8) is 0 Å². The fraction of sp³-hybridized carbons (Fsp3) is 0.357. The van der Waals surface area contributed by atoms with Crippen LogP contribution in [0.25, 0.3) is 11.3 Å². The molecule has 0 aliphatic heterocycles. The van der Waals surface area contributed by atoms with Crippen LogP contribution in [-0.4, -0.2) is 11.0 Å². The molecule has 1 heterocycles. The standard InChI is InChI=1S/C14H14F2N2S/c15-9-5-6-12(16)11(7-9)13-8-19-14(18-13)17-10-3-1-2-4-10/h5-8,10H,1-4H2,(H,17,18). The SMILES string of the molecule is Fc1ccc(F)c(-c2csc(NC3CCCC3)n2)c1. The molecule has 3 rings (SSSR count). The normalized spacial score (nSPS) is 15.9. The summed E-state index contributed by atoms with van der Waals surface area (Å²) in [6.45, 7) is 0. The van der Waals surface area contributed by atoms with E-state index in [9.17, 15) is 8.78 Å². The van der Waals surface area contributed by atoms with Gasteiger partial charge in [-0.05, 0) is 31.0 Å². The zero-order valence-corrected chi connectivity index (χ0v) is 11.1. The van der Waals surface area contributed by atoms with Crippen LogP contribution in [-0.2, 0) is 0 Å². The topological polar surface area (TPSA) is 24.9 Å². The van der Waals surface area contributed by atoms with E-state index in [2.05, 4.69) is 10.3 Å². The molecule has 0 saturated heterocycles. The molecular formula is C14H14F2N2S. The van der Waals surface area contributed by atoms with Gasteiger partial charge in [0.2, 0.25) is 0 Å². The number of nitrogens with zero attached hydrogens (tertiary/aromatic N) is 1. The Labute approximate surface area is 114 Å². The molecule has 2 aromatic rings. The van der Waals surface area contributed by atoms with Gasteiger partial charge in [-0.25, -0.2) is 13.8 Å². The number of halogens is 2. The lowest BCUT2D eigenvalue weighted by Crippen LogP contribution is -2.14. The van der Waals surface area contributed by atoms with Crippen molar-refractivity contribution >= 4 is 16.5 Å². The molecule has 1 fully saturated rings. The van der Waals surface area contributed by atoms with Crippen molar-refractivity contribution in [2.45, 2.75) is 31.7 Å². The first kappa shape index (κ1) is 12.5. The van der Waals surface area contributed by atoms with Gasteiger partial charge in [0.15, 0.2) is 5.13 Å². The second kappa shape index (κ2) is 5.25. The molecule has 1 aliphatic carbocycles. The summed E-state index contributed by atoms with van der Waals surface area (Å²) in [5.41, 5.74) is 0.707. The molecule has 0 spiro atoms. The van der Waals surface area contributed by atoms with Crippen LogP contribution in [0.4, 0.5) is 13.9 Å². The van der Waals surface area contributed by atoms with Crippen LogP contribution in [0, 0.1) is 11.6 Å². The Bertz CT molecular complexity index is 577. The summed E-state index contributed by atoms with van der Waals surface area (Å²) in [4.78, 5) is 4.35. The summed E-state index contributed by atoms with van der Waals surface area (Å²) in [5.74, 6) is -0.895. The summed E-state index contributed by atoms with van der Waals surface area (Å²) < 4.78 is 26.8. The number of aromatic nitrogens is 1. The second-order valence-corrected chi connectivity index (χ2v) is 5.65. The van der Waals surface area contributed by atoms with Gasteiger partial charge < -0.3 is 5.32 Å². The van der Waals surface area contributed by atoms with Crippen LogP contribution in [0.1, 0.15) is 25.7 Å². The Morgan fingerprint density at radius 1 is 1.21 bits per heavy atom. The van der Waals surface area contributed by atoms with E-state index >= 15 is 0 Å². The number of hydrogen-bond acceptors (Lipinski definition) is 3. The zero-order chi connectivity index (χ0) is 13.2. The van der Waals surface area contributed by atoms with E-state index < -0.39 is 11.6 Å². The number of hydrogen-bond donors (Lipinski definition) is 1. The van der Waals surface area contributed by atoms with E-state index in [1.165, 1.54) is 30.2 Å². The van der Waals surface area contributed by atoms with Crippen molar-refractivity contribution in [3.8, 4) is 11.3 Å². The first-order valence-corrected chi connectivity index (χ1v) is 7.28. The molecule has 100 valence electrons. The number of anilines is 1. The molecule has 1 saturated carbocycles. The molecule has 1 aromatic carbocycles. The van der Waals surface area contributed by atoms with Crippen LogP contribution in [0.5, 0.6) is 0 Å². The minimum absolute atomic E-state index is 0.218. The Kier molecular flexibility index (Phi) is 3.46. The van der Waals surface area contributed by atoms with E-state index in [4.69, 9.17) is 0 Å². The highest BCUT2D eigenvalue weighted by atomic mass is 32.1. The van der Waals surface area contributed by atoms with E-state index in [-0.39, 0.29) is 5.56 Å². The first-order valence-electron chi connectivity index (χ1n) is 6.40. The van der Waals surface area contributed by atoms with Gasteiger partial charge in [0.25, 0.3) is 0 Å². The van der Waals surface area contributed by atoms with Crippen LogP contribution in [0.15, 0.2) is 23.6 Å². The summed E-state index contributed by atoms with van der Waals surface area (Å²) in [6, 6.07) is 3.90. The fourth-order valence-electron chi connectivity index (χ4n) is 2.40. The molecule has 0 atom stereocenters. The minimum atomic E-state index is -0.449. The summed E-state index contributed by atoms with van der Waals surface area (Å²) in [7, 11) is 0. The van der Waals surface area contributed by atoms with Crippen LogP contribution in [0.3, 0.4) is 0 Å². The number of nitrogens with one attached hydrogen (secondary N) is 1. The maximum absolute atomic E-state index is 13.6. The molecule has 0 amide bonds. The predicted molar refractivity (Wildman–Crippen MR) is 73.3 cm³/mol. The first-order chi connectivity index (χ1) is 9.22. The summed E-state index contributed by atoms with van der Waals surface area (Å²) >= 11 is 1.43. The second-order valence-electron chi connectivity index (χ2n) is 4.79. The van der Waals surface area contributed by atoms with E-state index in [0.717, 1.165) is 30.1 Å². The molecule has 19 heavy (non-hydrogen) atoms. The van der Waals surface area contributed by atoms with Crippen LogP contribution < -0.4 is 5.32 Å². The molecule has 1 N–H and O–H groups in total. The molecule has 0 unspecified atom stereocenters. The lowest BCUT2D eigenvalue weighted by Gasteiger charge is -2.09. The average molecular weight is 280 g/mol. The van der Waals surface area contributed by atoms with Gasteiger partial charge in [-0.15, -0.1) is 11.3 Å². The van der Waals surface area contributed by atoms with Crippen LogP contribution in [0.2, 0.25) is 0 Å². The van der Waals surface area contributed by atoms with Gasteiger partial charge in [-0.3, -0.25) is 0 Å². The highest BCUT2D eigenvalue weighted by Gasteiger charge is 2.17. The van der Waals surface area contributed by atoms with E-state index in [1.54, 1.807) is 5.38 Å². The highest BCUT2D eigenvalue weighted by molar-refractivity contribution is 7.14. The number of benzene rings is 1. The molecular weight excluding hydrogens is 266 g/mol. The van der Waals surface area contributed by atoms with Crippen molar-refractivity contribution in [2.75, 3.05) is 5.32 Å². The van der Waals surface area contributed by atoms with Gasteiger partial charge in [-0.1, -0.05) is 12.8 Å². The van der Waals surface area contributed by atoms with E-state index in [1.807, 2.05) is 0 Å². The van der Waals surface area contributed by atoms with Gasteiger partial charge >= 0.3 is 0 Å². The quantitative estimate of drug-likeness (QED) is 0.899. The molecule has 2 nitrogen and oxygen atoms in total. The summed E-state index contributed by atoms with van der Waals surface area (Å²) in [5, 5.41) is 5.90. The monoisotopic (exact) mass is 280 g/mol. The highest BCUT2D eigenvalue weighted by Crippen LogP contribution is 2.29. The largest absolute Gasteiger partial charge is 0.359 e. The maximum Gasteiger partial charge on any atom is 0.183 e. The third kappa shape index (κ3) is 2.76. The smallest absolute Gasteiger partial charge is 0.183 e. The van der Waals surface area contributed by atoms with Gasteiger partial charge in [-0.2, -0.15) is 0 Å². The molecule has 1 aliphatic rings. The van der Waals surface area contributed by atoms with Gasteiger partial charge in [0.05, 0.1) is 5.69 Å². The van der Waals surface area contributed by atoms with Crippen molar-refractivity contribution in [2.24, 2.45) is 0 Å². The number of thiazole rings is 1. The summed E-state index contributed by atoms with van der Waals surface area (Å²) in [6.07, 6.45) is 4.80. The van der Waals surface area contributed by atoms with Crippen molar-refractivity contribution in [1.82, 2.24) is 4.98 Å². The maximum atomic E-state index is 13.6. The van der Waals surface area contributed by atoms with Crippen molar-refractivity contribution in [1.29, 1.82) is 0 Å². The third-order valence-electron chi connectivity index (χ3n) is 3.39. The molecule has 0 radical (unpaired) electrons. The lowest BCUT2D eigenvalue weighted by atomic mass is 10.1. The number of rotatable bonds is 3. The Balaban J connectivity index is 1.82. The Hall–Kier alpha value is -1.49. The zero-order valence-electron chi connectivity index (χ0n) is 10.3. The lowest BCUT2D eigenvalue weighted by molar-refractivity contribution is 0.603. The van der Waals surface area contributed by atoms with Crippen molar-refractivity contribution in [3.05, 3.63) is 35.2 Å². The average Bonchev–Trinajstić information content (AvgIpc) is 3.04. The Morgan fingerprint density at radius 3 is 2.79 bits per heavy atom. The Morgan fingerprint density at radius 2 is 2.00 bits per heavy atom. The van der Waals surface area contributed by atoms with Gasteiger partial charge in [0.1, 0.15) is 11.6 Å². The van der Waals surface area contributed by atoms with Crippen molar-refractivity contribution < 1.29 is 8.78 Å². The third-order valence-corrected chi connectivity index (χ3v) is 4.16. The minimum Gasteiger partial charge on any atom is -0.359 e. The van der Waals surface area contributed by atoms with E-state index in [0.29, 0.717) is 11.7 Å². The fourth-order valence-corrected chi connectivity index (χ4v) is 3.19. The molecule has 1 aromatic heterocycles.